The molecule has 0 radical (unpaired) electrons. The minimum atomic E-state index is 0.598. The summed E-state index contributed by atoms with van der Waals surface area (Å²) in [5.74, 6) is 0. The number of rotatable bonds is 0. The highest BCUT2D eigenvalue weighted by atomic mass is 15.0. The first-order valence-corrected chi connectivity index (χ1v) is 6.30. The first-order chi connectivity index (χ1) is 9.27. The highest BCUT2D eigenvalue weighted by molar-refractivity contribution is 6.09. The number of nitrogens with zero attached hydrogens (tertiary/aromatic N) is 1. The van der Waals surface area contributed by atoms with Gasteiger partial charge in [-0.25, -0.2) is 0 Å². The lowest BCUT2D eigenvalue weighted by molar-refractivity contribution is 0.983. The van der Waals surface area contributed by atoms with Crippen LogP contribution in [-0.2, 0) is 7.05 Å². The maximum absolute atomic E-state index is 8.49. The summed E-state index contributed by atoms with van der Waals surface area (Å²) in [5, 5.41) is 12.2. The molecule has 92 valence electrons. The van der Waals surface area contributed by atoms with Crippen molar-refractivity contribution in [2.45, 2.75) is 0 Å². The van der Waals surface area contributed by atoms with E-state index < -0.39 is 0 Å². The number of aromatic amines is 1. The zero-order valence-corrected chi connectivity index (χ0v) is 10.6. The normalized spacial score (nSPS) is 11.6. The number of hydrogen-bond donors (Lipinski definition) is 2. The van der Waals surface area contributed by atoms with Crippen LogP contribution in [0.25, 0.3) is 32.8 Å². The predicted octanol–water partition coefficient (Wildman–Crippen LogP) is 3.29. The van der Waals surface area contributed by atoms with E-state index in [1.807, 2.05) is 37.4 Å². The van der Waals surface area contributed by atoms with Crippen LogP contribution >= 0.6 is 0 Å². The fourth-order valence-corrected chi connectivity index (χ4v) is 2.87. The molecule has 0 bridgehead atoms. The Kier molecular flexibility index (Phi) is 1.90. The summed E-state index contributed by atoms with van der Waals surface area (Å²) in [4.78, 5) is 3.42. The fourth-order valence-electron chi connectivity index (χ4n) is 2.87. The van der Waals surface area contributed by atoms with Crippen molar-refractivity contribution in [2.75, 3.05) is 0 Å². The lowest BCUT2D eigenvalue weighted by Crippen LogP contribution is -2.08. The van der Waals surface area contributed by atoms with E-state index in [1.165, 1.54) is 0 Å². The van der Waals surface area contributed by atoms with Crippen molar-refractivity contribution < 1.29 is 0 Å². The second-order valence-corrected chi connectivity index (χ2v) is 4.85. The quantitative estimate of drug-likeness (QED) is 0.479. The number of aromatic nitrogens is 2. The van der Waals surface area contributed by atoms with E-state index in [4.69, 9.17) is 5.41 Å². The molecule has 3 nitrogen and oxygen atoms in total. The maximum Gasteiger partial charge on any atom is 0.120 e. The van der Waals surface area contributed by atoms with Gasteiger partial charge in [-0.3, -0.25) is 5.41 Å². The van der Waals surface area contributed by atoms with E-state index >= 15 is 0 Å². The van der Waals surface area contributed by atoms with Crippen molar-refractivity contribution in [3.8, 4) is 0 Å². The van der Waals surface area contributed by atoms with Gasteiger partial charge in [-0.2, -0.15) is 0 Å². The molecule has 0 amide bonds. The standard InChI is InChI=1S/C16H13N3/c1-19-13-9-5-3-7-11(13)15(17)14-10-6-2-4-8-12(10)18-16(14)19/h2-9,17-18H,1H3. The van der Waals surface area contributed by atoms with Crippen LogP contribution in [0.3, 0.4) is 0 Å². The lowest BCUT2D eigenvalue weighted by atomic mass is 10.1. The number of aryl methyl sites for hydroxylation is 1. The number of H-pyrrole nitrogens is 1. The summed E-state index contributed by atoms with van der Waals surface area (Å²) in [6, 6.07) is 16.2. The van der Waals surface area contributed by atoms with Crippen molar-refractivity contribution >= 4 is 32.8 Å². The van der Waals surface area contributed by atoms with Gasteiger partial charge in [0.1, 0.15) is 5.65 Å². The second-order valence-electron chi connectivity index (χ2n) is 4.85. The molecule has 3 heteroatoms. The van der Waals surface area contributed by atoms with Gasteiger partial charge in [0.15, 0.2) is 0 Å². The summed E-state index contributed by atoms with van der Waals surface area (Å²) >= 11 is 0. The number of hydrogen-bond acceptors (Lipinski definition) is 1. The third-order valence-corrected chi connectivity index (χ3v) is 3.81. The fraction of sp³-hybridized carbons (Fsp3) is 0.0625. The summed E-state index contributed by atoms with van der Waals surface area (Å²) < 4.78 is 2.13. The summed E-state index contributed by atoms with van der Waals surface area (Å²) in [6.07, 6.45) is 0. The Hall–Kier alpha value is -2.55. The van der Waals surface area contributed by atoms with Gasteiger partial charge in [0.2, 0.25) is 0 Å². The average molecular weight is 247 g/mol. The van der Waals surface area contributed by atoms with Crippen molar-refractivity contribution in [3.63, 3.8) is 0 Å². The molecule has 4 rings (SSSR count). The molecule has 2 aromatic heterocycles. The molecule has 0 aliphatic carbocycles. The van der Waals surface area contributed by atoms with Gasteiger partial charge < -0.3 is 9.55 Å². The van der Waals surface area contributed by atoms with E-state index in [2.05, 4.69) is 27.8 Å². The molecule has 4 aromatic rings. The van der Waals surface area contributed by atoms with Crippen LogP contribution in [0, 0.1) is 5.41 Å². The molecule has 0 spiro atoms. The monoisotopic (exact) mass is 247 g/mol. The Bertz CT molecular complexity index is 989. The molecule has 0 unspecified atom stereocenters. The van der Waals surface area contributed by atoms with E-state index in [1.54, 1.807) is 0 Å². The maximum atomic E-state index is 8.49. The highest BCUT2D eigenvalue weighted by Crippen LogP contribution is 2.24. The van der Waals surface area contributed by atoms with Crippen molar-refractivity contribution in [1.29, 1.82) is 5.41 Å². The Labute approximate surface area is 109 Å². The van der Waals surface area contributed by atoms with Crippen LogP contribution in [0.15, 0.2) is 48.5 Å². The Morgan fingerprint density at radius 1 is 0.947 bits per heavy atom. The first-order valence-electron chi connectivity index (χ1n) is 6.30. The Balaban J connectivity index is 2.44. The zero-order valence-electron chi connectivity index (χ0n) is 10.6. The van der Waals surface area contributed by atoms with Gasteiger partial charge in [0, 0.05) is 23.3 Å². The van der Waals surface area contributed by atoms with Crippen LogP contribution < -0.4 is 5.36 Å². The predicted molar refractivity (Wildman–Crippen MR) is 78.1 cm³/mol. The zero-order chi connectivity index (χ0) is 13.0. The number of pyridine rings is 1. The van der Waals surface area contributed by atoms with Crippen LogP contribution in [0.4, 0.5) is 0 Å². The van der Waals surface area contributed by atoms with Gasteiger partial charge in [0.05, 0.1) is 16.3 Å². The number of fused-ring (bicyclic) bond motifs is 4. The molecule has 0 aliphatic rings. The lowest BCUT2D eigenvalue weighted by Gasteiger charge is -2.07. The average Bonchev–Trinajstić information content (AvgIpc) is 2.84. The van der Waals surface area contributed by atoms with Gasteiger partial charge >= 0.3 is 0 Å². The molecule has 0 saturated heterocycles. The minimum absolute atomic E-state index is 0.598. The van der Waals surface area contributed by atoms with Crippen molar-refractivity contribution in [1.82, 2.24) is 9.55 Å². The highest BCUT2D eigenvalue weighted by Gasteiger charge is 2.11. The number of para-hydroxylation sites is 2. The first kappa shape index (κ1) is 10.4. The van der Waals surface area contributed by atoms with E-state index in [0.717, 1.165) is 32.8 Å². The molecular formula is C16H13N3. The third-order valence-electron chi connectivity index (χ3n) is 3.81. The van der Waals surface area contributed by atoms with Gasteiger partial charge in [-0.1, -0.05) is 36.4 Å². The number of benzene rings is 2. The third kappa shape index (κ3) is 1.24. The van der Waals surface area contributed by atoms with Crippen molar-refractivity contribution in [3.05, 3.63) is 53.9 Å². The van der Waals surface area contributed by atoms with E-state index in [0.29, 0.717) is 5.36 Å². The van der Waals surface area contributed by atoms with Gasteiger partial charge in [0.25, 0.3) is 0 Å². The molecule has 2 heterocycles. The Morgan fingerprint density at radius 3 is 2.47 bits per heavy atom. The topological polar surface area (TPSA) is 44.6 Å². The second kappa shape index (κ2) is 3.48. The molecule has 0 saturated carbocycles. The van der Waals surface area contributed by atoms with Crippen LogP contribution in [0.2, 0.25) is 0 Å². The molecule has 0 atom stereocenters. The summed E-state index contributed by atoms with van der Waals surface area (Å²) in [7, 11) is 2.04. The molecule has 2 N–H and O–H groups in total. The molecule has 19 heavy (non-hydrogen) atoms. The number of nitrogens with one attached hydrogen (secondary N) is 2. The SMILES string of the molecule is Cn1c2ccccc2c(=N)c2c3ccccc3[nH]c21. The van der Waals surface area contributed by atoms with Gasteiger partial charge in [-0.05, 0) is 12.1 Å². The molecular weight excluding hydrogens is 234 g/mol. The summed E-state index contributed by atoms with van der Waals surface area (Å²) in [5.41, 5.74) is 3.16. The van der Waals surface area contributed by atoms with E-state index in [9.17, 15) is 0 Å². The summed E-state index contributed by atoms with van der Waals surface area (Å²) in [6.45, 7) is 0. The van der Waals surface area contributed by atoms with Gasteiger partial charge in [-0.15, -0.1) is 0 Å². The largest absolute Gasteiger partial charge is 0.341 e. The van der Waals surface area contributed by atoms with Crippen LogP contribution in [0.5, 0.6) is 0 Å². The molecule has 2 aromatic carbocycles. The van der Waals surface area contributed by atoms with Crippen LogP contribution in [-0.4, -0.2) is 9.55 Å². The van der Waals surface area contributed by atoms with E-state index in [-0.39, 0.29) is 0 Å². The smallest absolute Gasteiger partial charge is 0.120 e. The van der Waals surface area contributed by atoms with Crippen LogP contribution in [0.1, 0.15) is 0 Å². The minimum Gasteiger partial charge on any atom is -0.341 e. The Morgan fingerprint density at radius 2 is 1.63 bits per heavy atom. The molecule has 0 fully saturated rings. The van der Waals surface area contributed by atoms with Crippen molar-refractivity contribution in [2.24, 2.45) is 7.05 Å². The molecule has 0 aliphatic heterocycles.